The van der Waals surface area contributed by atoms with E-state index in [2.05, 4.69) is 23.8 Å². The molecule has 0 atom stereocenters. The number of rotatable bonds is 6. The number of aryl methyl sites for hydroxylation is 2. The zero-order chi connectivity index (χ0) is 12.7. The molecule has 0 heterocycles. The van der Waals surface area contributed by atoms with E-state index in [0.29, 0.717) is 6.42 Å². The van der Waals surface area contributed by atoms with E-state index in [4.69, 9.17) is 4.74 Å². The van der Waals surface area contributed by atoms with Crippen molar-refractivity contribution in [1.82, 2.24) is 0 Å². The average Bonchev–Trinajstić information content (AvgIpc) is 2.38. The number of hydrogen-bond donors (Lipinski definition) is 0. The van der Waals surface area contributed by atoms with Crippen molar-refractivity contribution < 1.29 is 14.3 Å². The number of benzene rings is 1. The molecule has 1 rings (SSSR count). The Labute approximate surface area is 103 Å². The van der Waals surface area contributed by atoms with Crippen LogP contribution in [-0.2, 0) is 22.4 Å². The van der Waals surface area contributed by atoms with Gasteiger partial charge in [-0.3, -0.25) is 4.79 Å². The lowest BCUT2D eigenvalue weighted by Gasteiger charge is -2.09. The molecule has 0 fully saturated rings. The van der Waals surface area contributed by atoms with E-state index in [0.717, 1.165) is 25.0 Å². The van der Waals surface area contributed by atoms with Crippen LogP contribution < -0.4 is 4.74 Å². The topological polar surface area (TPSA) is 35.5 Å². The van der Waals surface area contributed by atoms with E-state index >= 15 is 0 Å². The second kappa shape index (κ2) is 6.94. The van der Waals surface area contributed by atoms with Gasteiger partial charge in [-0.25, -0.2) is 0 Å². The Kier molecular flexibility index (Phi) is 5.53. The number of ether oxygens (including phenoxy) is 2. The van der Waals surface area contributed by atoms with Crippen molar-refractivity contribution >= 4 is 5.97 Å². The molecule has 0 saturated heterocycles. The average molecular weight is 236 g/mol. The third-order valence-corrected chi connectivity index (χ3v) is 2.80. The van der Waals surface area contributed by atoms with Crippen LogP contribution in [0.25, 0.3) is 0 Å². The molecule has 0 aliphatic heterocycles. The zero-order valence-corrected chi connectivity index (χ0v) is 10.8. The lowest BCUT2D eigenvalue weighted by atomic mass is 10.0. The van der Waals surface area contributed by atoms with E-state index < -0.39 is 0 Å². The Hall–Kier alpha value is -1.51. The summed E-state index contributed by atoms with van der Waals surface area (Å²) in [5.74, 6) is 0.790. The van der Waals surface area contributed by atoms with Crippen LogP contribution in [0.3, 0.4) is 0 Å². The van der Waals surface area contributed by atoms with Crippen molar-refractivity contribution in [2.45, 2.75) is 32.6 Å². The van der Waals surface area contributed by atoms with Crippen molar-refractivity contribution in [3.63, 3.8) is 0 Å². The minimum Gasteiger partial charge on any atom is -0.496 e. The molecule has 0 radical (unpaired) electrons. The molecular weight excluding hydrogens is 216 g/mol. The predicted octanol–water partition coefficient (Wildman–Crippen LogP) is 2.75. The Morgan fingerprint density at radius 1 is 1.29 bits per heavy atom. The summed E-state index contributed by atoms with van der Waals surface area (Å²) in [6.45, 7) is 2.11. The molecule has 0 aliphatic rings. The van der Waals surface area contributed by atoms with Gasteiger partial charge >= 0.3 is 5.97 Å². The maximum absolute atomic E-state index is 11.0. The SMILES string of the molecule is CCc1cc(CCCC(=O)OC)ccc1OC. The van der Waals surface area contributed by atoms with Gasteiger partial charge in [-0.1, -0.05) is 19.1 Å². The molecule has 0 saturated carbocycles. The second-order valence-corrected chi connectivity index (χ2v) is 3.93. The maximum atomic E-state index is 11.0. The van der Waals surface area contributed by atoms with E-state index in [1.165, 1.54) is 18.2 Å². The summed E-state index contributed by atoms with van der Waals surface area (Å²) in [4.78, 5) is 11.0. The molecule has 3 nitrogen and oxygen atoms in total. The summed E-state index contributed by atoms with van der Waals surface area (Å²) in [5, 5.41) is 0. The van der Waals surface area contributed by atoms with Crippen LogP contribution in [0.5, 0.6) is 5.75 Å². The van der Waals surface area contributed by atoms with Gasteiger partial charge in [0.05, 0.1) is 14.2 Å². The predicted molar refractivity (Wildman–Crippen MR) is 67.3 cm³/mol. The molecule has 0 unspecified atom stereocenters. The molecule has 17 heavy (non-hydrogen) atoms. The maximum Gasteiger partial charge on any atom is 0.305 e. The first-order valence-corrected chi connectivity index (χ1v) is 5.93. The number of carbonyl (C=O) groups excluding carboxylic acids is 1. The van der Waals surface area contributed by atoms with E-state index in [-0.39, 0.29) is 5.97 Å². The number of carbonyl (C=O) groups is 1. The van der Waals surface area contributed by atoms with Crippen molar-refractivity contribution in [3.8, 4) is 5.75 Å². The monoisotopic (exact) mass is 236 g/mol. The van der Waals surface area contributed by atoms with Crippen molar-refractivity contribution in [2.75, 3.05) is 14.2 Å². The van der Waals surface area contributed by atoms with Gasteiger partial charge in [0.25, 0.3) is 0 Å². The zero-order valence-electron chi connectivity index (χ0n) is 10.8. The number of hydrogen-bond acceptors (Lipinski definition) is 3. The normalized spacial score (nSPS) is 10.1. The van der Waals surface area contributed by atoms with Crippen LogP contribution in [0.2, 0.25) is 0 Å². The van der Waals surface area contributed by atoms with Crippen LogP contribution in [0.1, 0.15) is 30.9 Å². The Morgan fingerprint density at radius 3 is 2.65 bits per heavy atom. The highest BCUT2D eigenvalue weighted by molar-refractivity contribution is 5.69. The third kappa shape index (κ3) is 4.10. The van der Waals surface area contributed by atoms with Crippen molar-refractivity contribution in [1.29, 1.82) is 0 Å². The Bertz CT molecular complexity index is 372. The van der Waals surface area contributed by atoms with Gasteiger partial charge in [-0.15, -0.1) is 0 Å². The van der Waals surface area contributed by atoms with E-state index in [1.54, 1.807) is 7.11 Å². The second-order valence-electron chi connectivity index (χ2n) is 3.93. The molecule has 0 spiro atoms. The molecule has 94 valence electrons. The summed E-state index contributed by atoms with van der Waals surface area (Å²) < 4.78 is 9.89. The highest BCUT2D eigenvalue weighted by atomic mass is 16.5. The van der Waals surface area contributed by atoms with Gasteiger partial charge in [0, 0.05) is 6.42 Å². The fraction of sp³-hybridized carbons (Fsp3) is 0.500. The van der Waals surface area contributed by atoms with E-state index in [1.807, 2.05) is 6.07 Å². The fourth-order valence-corrected chi connectivity index (χ4v) is 1.80. The fourth-order valence-electron chi connectivity index (χ4n) is 1.80. The van der Waals surface area contributed by atoms with Crippen LogP contribution >= 0.6 is 0 Å². The first-order valence-electron chi connectivity index (χ1n) is 5.93. The molecule has 0 amide bonds. The highest BCUT2D eigenvalue weighted by Crippen LogP contribution is 2.21. The van der Waals surface area contributed by atoms with Gasteiger partial charge < -0.3 is 9.47 Å². The summed E-state index contributed by atoms with van der Waals surface area (Å²) in [6.07, 6.45) is 3.15. The minimum absolute atomic E-state index is 0.144. The van der Waals surface area contributed by atoms with E-state index in [9.17, 15) is 4.79 Å². The number of esters is 1. The molecule has 0 aromatic heterocycles. The lowest BCUT2D eigenvalue weighted by molar-refractivity contribution is -0.140. The lowest BCUT2D eigenvalue weighted by Crippen LogP contribution is -2.01. The molecule has 0 N–H and O–H groups in total. The van der Waals surface area contributed by atoms with Crippen LogP contribution in [0.4, 0.5) is 0 Å². The molecule has 0 bridgehead atoms. The first kappa shape index (κ1) is 13.6. The molecule has 3 heteroatoms. The van der Waals surface area contributed by atoms with Gasteiger partial charge in [-0.05, 0) is 36.5 Å². The standard InChI is InChI=1S/C14H20O3/c1-4-12-10-11(8-9-13(12)16-2)6-5-7-14(15)17-3/h8-10H,4-7H2,1-3H3. The third-order valence-electron chi connectivity index (χ3n) is 2.80. The van der Waals surface area contributed by atoms with Gasteiger partial charge in [0.1, 0.15) is 5.75 Å². The Balaban J connectivity index is 2.57. The molecule has 0 aliphatic carbocycles. The first-order chi connectivity index (χ1) is 8.21. The quantitative estimate of drug-likeness (QED) is 0.712. The minimum atomic E-state index is -0.144. The van der Waals surface area contributed by atoms with Crippen LogP contribution in [0, 0.1) is 0 Å². The molecular formula is C14H20O3. The summed E-state index contributed by atoms with van der Waals surface area (Å²) in [7, 11) is 3.11. The highest BCUT2D eigenvalue weighted by Gasteiger charge is 2.04. The van der Waals surface area contributed by atoms with Gasteiger partial charge in [0.15, 0.2) is 0 Å². The van der Waals surface area contributed by atoms with Crippen LogP contribution in [0.15, 0.2) is 18.2 Å². The Morgan fingerprint density at radius 2 is 2.06 bits per heavy atom. The van der Waals surface area contributed by atoms with Crippen molar-refractivity contribution in [2.24, 2.45) is 0 Å². The summed E-state index contributed by atoms with van der Waals surface area (Å²) in [5.41, 5.74) is 2.45. The summed E-state index contributed by atoms with van der Waals surface area (Å²) in [6, 6.07) is 6.19. The smallest absolute Gasteiger partial charge is 0.305 e. The largest absolute Gasteiger partial charge is 0.496 e. The molecule has 1 aromatic rings. The van der Waals surface area contributed by atoms with Crippen LogP contribution in [-0.4, -0.2) is 20.2 Å². The molecule has 1 aromatic carbocycles. The van der Waals surface area contributed by atoms with Crippen molar-refractivity contribution in [3.05, 3.63) is 29.3 Å². The number of methoxy groups -OCH3 is 2. The van der Waals surface area contributed by atoms with Gasteiger partial charge in [0.2, 0.25) is 0 Å². The van der Waals surface area contributed by atoms with Gasteiger partial charge in [-0.2, -0.15) is 0 Å². The summed E-state index contributed by atoms with van der Waals surface area (Å²) >= 11 is 0.